The molecule has 2 heterocycles. The van der Waals surface area contributed by atoms with Gasteiger partial charge in [0, 0.05) is 6.20 Å². The number of nitrogens with one attached hydrogen (secondary N) is 1. The van der Waals surface area contributed by atoms with Crippen LogP contribution < -0.4 is 11.1 Å². The van der Waals surface area contributed by atoms with Crippen LogP contribution in [-0.4, -0.2) is 21.0 Å². The standard InChI is InChI=1S/C11H10N4O2/c12-7-4-9(11(16)17)10(14-5-7)15-8-2-1-3-13-6-8/h1-6H,12H2,(H,14,15)(H,16,17). The summed E-state index contributed by atoms with van der Waals surface area (Å²) in [6.07, 6.45) is 4.59. The van der Waals surface area contributed by atoms with E-state index in [9.17, 15) is 4.79 Å². The number of carboxylic acids is 1. The second kappa shape index (κ2) is 4.48. The molecule has 2 aromatic heterocycles. The Labute approximate surface area is 97.1 Å². The third kappa shape index (κ3) is 2.49. The normalized spacial score (nSPS) is 9.88. The highest BCUT2D eigenvalue weighted by Gasteiger charge is 2.12. The van der Waals surface area contributed by atoms with E-state index in [1.807, 2.05) is 0 Å². The van der Waals surface area contributed by atoms with Crippen LogP contribution >= 0.6 is 0 Å². The molecule has 0 radical (unpaired) electrons. The zero-order valence-corrected chi connectivity index (χ0v) is 8.79. The molecule has 0 aromatic carbocycles. The first-order chi connectivity index (χ1) is 8.16. The van der Waals surface area contributed by atoms with Crippen molar-refractivity contribution in [3.63, 3.8) is 0 Å². The van der Waals surface area contributed by atoms with Gasteiger partial charge in [0.05, 0.1) is 23.8 Å². The number of aromatic carboxylic acids is 1. The first-order valence-corrected chi connectivity index (χ1v) is 4.82. The Kier molecular flexibility index (Phi) is 2.87. The lowest BCUT2D eigenvalue weighted by molar-refractivity contribution is 0.0697. The number of aromatic nitrogens is 2. The van der Waals surface area contributed by atoms with Gasteiger partial charge in [0.15, 0.2) is 0 Å². The molecule has 0 bridgehead atoms. The lowest BCUT2D eigenvalue weighted by atomic mass is 10.2. The number of pyridine rings is 2. The molecule has 86 valence electrons. The van der Waals surface area contributed by atoms with E-state index < -0.39 is 5.97 Å². The van der Waals surface area contributed by atoms with E-state index in [0.717, 1.165) is 0 Å². The quantitative estimate of drug-likeness (QED) is 0.738. The van der Waals surface area contributed by atoms with Crippen LogP contribution in [0.15, 0.2) is 36.8 Å². The maximum Gasteiger partial charge on any atom is 0.339 e. The van der Waals surface area contributed by atoms with Crippen molar-refractivity contribution < 1.29 is 9.90 Å². The number of nitrogens with zero attached hydrogens (tertiary/aromatic N) is 2. The SMILES string of the molecule is Nc1cnc(Nc2cccnc2)c(C(=O)O)c1. The summed E-state index contributed by atoms with van der Waals surface area (Å²) in [6, 6.07) is 4.85. The highest BCUT2D eigenvalue weighted by atomic mass is 16.4. The van der Waals surface area contributed by atoms with Crippen molar-refractivity contribution in [1.82, 2.24) is 9.97 Å². The topological polar surface area (TPSA) is 101 Å². The minimum absolute atomic E-state index is 0.0221. The zero-order valence-electron chi connectivity index (χ0n) is 8.79. The Balaban J connectivity index is 2.36. The zero-order chi connectivity index (χ0) is 12.3. The van der Waals surface area contributed by atoms with Gasteiger partial charge in [-0.3, -0.25) is 4.98 Å². The van der Waals surface area contributed by atoms with Crippen molar-refractivity contribution >= 4 is 23.2 Å². The summed E-state index contributed by atoms with van der Waals surface area (Å²) in [5.74, 6) is -0.851. The molecule has 0 aliphatic carbocycles. The molecule has 0 aliphatic rings. The van der Waals surface area contributed by atoms with Gasteiger partial charge in [-0.25, -0.2) is 9.78 Å². The van der Waals surface area contributed by atoms with Gasteiger partial charge in [-0.05, 0) is 18.2 Å². The van der Waals surface area contributed by atoms with Crippen LogP contribution in [0.1, 0.15) is 10.4 Å². The molecule has 0 saturated carbocycles. The van der Waals surface area contributed by atoms with Crippen molar-refractivity contribution in [2.75, 3.05) is 11.1 Å². The number of anilines is 3. The summed E-state index contributed by atoms with van der Waals surface area (Å²) in [4.78, 5) is 18.9. The Morgan fingerprint density at radius 2 is 2.24 bits per heavy atom. The summed E-state index contributed by atoms with van der Waals surface area (Å²) < 4.78 is 0. The number of hydrogen-bond acceptors (Lipinski definition) is 5. The fraction of sp³-hybridized carbons (Fsp3) is 0. The molecule has 6 heteroatoms. The molecule has 0 fully saturated rings. The number of carboxylic acid groups (broad SMARTS) is 1. The molecule has 2 aromatic rings. The van der Waals surface area contributed by atoms with Gasteiger partial charge in [-0.15, -0.1) is 0 Å². The maximum absolute atomic E-state index is 11.0. The Bertz CT molecular complexity index is 542. The largest absolute Gasteiger partial charge is 0.478 e. The average Bonchev–Trinajstić information content (AvgIpc) is 2.32. The number of nitrogens with two attached hydrogens (primary N) is 1. The fourth-order valence-electron chi connectivity index (χ4n) is 1.32. The summed E-state index contributed by atoms with van der Waals surface area (Å²) in [5.41, 5.74) is 6.48. The van der Waals surface area contributed by atoms with Crippen LogP contribution in [0.5, 0.6) is 0 Å². The molecule has 0 spiro atoms. The molecule has 0 saturated heterocycles. The van der Waals surface area contributed by atoms with E-state index in [1.165, 1.54) is 12.3 Å². The van der Waals surface area contributed by atoms with Gasteiger partial charge in [0.1, 0.15) is 11.4 Å². The van der Waals surface area contributed by atoms with Gasteiger partial charge in [-0.2, -0.15) is 0 Å². The maximum atomic E-state index is 11.0. The molecule has 17 heavy (non-hydrogen) atoms. The summed E-state index contributed by atoms with van der Waals surface area (Å²) >= 11 is 0. The van der Waals surface area contributed by atoms with Crippen LogP contribution in [-0.2, 0) is 0 Å². The molecule has 0 amide bonds. The third-order valence-electron chi connectivity index (χ3n) is 2.06. The van der Waals surface area contributed by atoms with Crippen LogP contribution in [0.3, 0.4) is 0 Å². The van der Waals surface area contributed by atoms with Crippen LogP contribution in [0, 0.1) is 0 Å². The van der Waals surface area contributed by atoms with Gasteiger partial charge < -0.3 is 16.2 Å². The second-order valence-corrected chi connectivity index (χ2v) is 3.34. The molecule has 2 rings (SSSR count). The second-order valence-electron chi connectivity index (χ2n) is 3.34. The Morgan fingerprint density at radius 3 is 2.88 bits per heavy atom. The van der Waals surface area contributed by atoms with E-state index in [-0.39, 0.29) is 11.4 Å². The van der Waals surface area contributed by atoms with E-state index in [0.29, 0.717) is 11.4 Å². The third-order valence-corrected chi connectivity index (χ3v) is 2.06. The highest BCUT2D eigenvalue weighted by molar-refractivity contribution is 5.94. The van der Waals surface area contributed by atoms with Gasteiger partial charge in [0.25, 0.3) is 0 Å². The minimum atomic E-state index is -1.09. The molecular weight excluding hydrogens is 220 g/mol. The monoisotopic (exact) mass is 230 g/mol. The lowest BCUT2D eigenvalue weighted by Gasteiger charge is -2.08. The molecule has 0 aliphatic heterocycles. The average molecular weight is 230 g/mol. The van der Waals surface area contributed by atoms with Crippen molar-refractivity contribution in [1.29, 1.82) is 0 Å². The van der Waals surface area contributed by atoms with E-state index in [2.05, 4.69) is 15.3 Å². The van der Waals surface area contributed by atoms with Crippen molar-refractivity contribution in [2.24, 2.45) is 0 Å². The van der Waals surface area contributed by atoms with Crippen molar-refractivity contribution in [3.8, 4) is 0 Å². The van der Waals surface area contributed by atoms with E-state index in [4.69, 9.17) is 10.8 Å². The van der Waals surface area contributed by atoms with Crippen molar-refractivity contribution in [3.05, 3.63) is 42.4 Å². The predicted molar refractivity (Wildman–Crippen MR) is 63.1 cm³/mol. The van der Waals surface area contributed by atoms with Crippen LogP contribution in [0.25, 0.3) is 0 Å². The smallest absolute Gasteiger partial charge is 0.339 e. The van der Waals surface area contributed by atoms with Gasteiger partial charge in [0.2, 0.25) is 0 Å². The summed E-state index contributed by atoms with van der Waals surface area (Å²) in [7, 11) is 0. The Morgan fingerprint density at radius 1 is 1.41 bits per heavy atom. The Hall–Kier alpha value is -2.63. The fourth-order valence-corrected chi connectivity index (χ4v) is 1.32. The summed E-state index contributed by atoms with van der Waals surface area (Å²) in [6.45, 7) is 0. The number of rotatable bonds is 3. The minimum Gasteiger partial charge on any atom is -0.478 e. The first kappa shape index (κ1) is 10.9. The molecular formula is C11H10N4O2. The molecule has 6 nitrogen and oxygen atoms in total. The van der Waals surface area contributed by atoms with E-state index >= 15 is 0 Å². The number of hydrogen-bond donors (Lipinski definition) is 3. The molecule has 0 atom stereocenters. The van der Waals surface area contributed by atoms with Gasteiger partial charge >= 0.3 is 5.97 Å². The lowest BCUT2D eigenvalue weighted by Crippen LogP contribution is -2.06. The van der Waals surface area contributed by atoms with Crippen LogP contribution in [0.2, 0.25) is 0 Å². The number of carbonyl (C=O) groups is 1. The van der Waals surface area contributed by atoms with Crippen LogP contribution in [0.4, 0.5) is 17.2 Å². The highest BCUT2D eigenvalue weighted by Crippen LogP contribution is 2.19. The van der Waals surface area contributed by atoms with Gasteiger partial charge in [-0.1, -0.05) is 0 Å². The number of nitrogen functional groups attached to an aromatic ring is 1. The van der Waals surface area contributed by atoms with Crippen molar-refractivity contribution in [2.45, 2.75) is 0 Å². The van der Waals surface area contributed by atoms with E-state index in [1.54, 1.807) is 24.5 Å². The molecule has 4 N–H and O–H groups in total. The first-order valence-electron chi connectivity index (χ1n) is 4.82. The summed E-state index contributed by atoms with van der Waals surface area (Å²) in [5, 5.41) is 11.9. The molecule has 0 unspecified atom stereocenters. The predicted octanol–water partition coefficient (Wildman–Crippen LogP) is 1.50.